The average Bonchev–Trinajstić information content (AvgIpc) is 2.54. The Morgan fingerprint density at radius 3 is 2.55 bits per heavy atom. The Kier molecular flexibility index (Phi) is 7.23. The van der Waals surface area contributed by atoms with Gasteiger partial charge in [0.2, 0.25) is 0 Å². The molecule has 2 N–H and O–H groups in total. The Morgan fingerprint density at radius 2 is 1.86 bits per heavy atom. The van der Waals surface area contributed by atoms with E-state index in [1.807, 2.05) is 12.1 Å². The van der Waals surface area contributed by atoms with Gasteiger partial charge in [0.05, 0.1) is 13.0 Å². The van der Waals surface area contributed by atoms with Crippen LogP contribution < -0.4 is 10.1 Å². The molecule has 1 aliphatic carbocycles. The molecule has 4 heteroatoms. The quantitative estimate of drug-likeness (QED) is 0.688. The van der Waals surface area contributed by atoms with Gasteiger partial charge in [-0.1, -0.05) is 31.4 Å². The number of carbonyl (C=O) groups is 1. The molecule has 0 bridgehead atoms. The lowest BCUT2D eigenvalue weighted by Gasteiger charge is -2.21. The molecule has 1 aliphatic rings. The van der Waals surface area contributed by atoms with Crippen LogP contribution >= 0.6 is 0 Å². The van der Waals surface area contributed by atoms with Crippen LogP contribution in [0.2, 0.25) is 0 Å². The highest BCUT2D eigenvalue weighted by Crippen LogP contribution is 2.24. The van der Waals surface area contributed by atoms with Crippen molar-refractivity contribution in [3.05, 3.63) is 29.8 Å². The van der Waals surface area contributed by atoms with Gasteiger partial charge in [-0.2, -0.15) is 0 Å². The van der Waals surface area contributed by atoms with Gasteiger partial charge in [0, 0.05) is 6.54 Å². The van der Waals surface area contributed by atoms with Crippen molar-refractivity contribution in [3.63, 3.8) is 0 Å². The normalized spacial score (nSPS) is 15.6. The van der Waals surface area contributed by atoms with Gasteiger partial charge in [-0.05, 0) is 49.4 Å². The molecule has 4 nitrogen and oxygen atoms in total. The van der Waals surface area contributed by atoms with Crippen molar-refractivity contribution >= 4 is 5.97 Å². The summed E-state index contributed by atoms with van der Waals surface area (Å²) in [6.07, 6.45) is 7.77. The van der Waals surface area contributed by atoms with Crippen molar-refractivity contribution in [2.24, 2.45) is 5.92 Å². The van der Waals surface area contributed by atoms with Gasteiger partial charge in [0.15, 0.2) is 0 Å². The lowest BCUT2D eigenvalue weighted by molar-refractivity contribution is -0.136. The standard InChI is InChI=1S/C18H27NO3/c20-18(21)11-13-19-12-10-15-6-8-17(9-7-15)22-14-16-4-2-1-3-5-16/h6-9,16,19H,1-5,10-14H2,(H,20,21). The molecule has 1 fully saturated rings. The largest absolute Gasteiger partial charge is 0.493 e. The molecule has 0 spiro atoms. The summed E-state index contributed by atoms with van der Waals surface area (Å²) in [5.74, 6) is 0.923. The first-order valence-corrected chi connectivity index (χ1v) is 8.38. The van der Waals surface area contributed by atoms with E-state index in [1.165, 1.54) is 37.7 Å². The molecule has 1 aromatic rings. The number of ether oxygens (including phenoxy) is 1. The highest BCUT2D eigenvalue weighted by atomic mass is 16.5. The van der Waals surface area contributed by atoms with Gasteiger partial charge in [-0.15, -0.1) is 0 Å². The van der Waals surface area contributed by atoms with Crippen LogP contribution in [0.5, 0.6) is 5.75 Å². The zero-order chi connectivity index (χ0) is 15.6. The minimum Gasteiger partial charge on any atom is -0.493 e. The number of benzene rings is 1. The molecule has 122 valence electrons. The zero-order valence-electron chi connectivity index (χ0n) is 13.2. The van der Waals surface area contributed by atoms with Crippen LogP contribution in [0.3, 0.4) is 0 Å². The second kappa shape index (κ2) is 9.46. The van der Waals surface area contributed by atoms with Gasteiger partial charge >= 0.3 is 5.97 Å². The van der Waals surface area contributed by atoms with Crippen LogP contribution in [0.4, 0.5) is 0 Å². The molecule has 0 radical (unpaired) electrons. The second-order valence-corrected chi connectivity index (χ2v) is 6.10. The maximum absolute atomic E-state index is 10.4. The van der Waals surface area contributed by atoms with Crippen molar-refractivity contribution < 1.29 is 14.6 Å². The summed E-state index contributed by atoms with van der Waals surface area (Å²) in [5, 5.41) is 11.7. The fraction of sp³-hybridized carbons (Fsp3) is 0.611. The smallest absolute Gasteiger partial charge is 0.304 e. The van der Waals surface area contributed by atoms with E-state index in [1.54, 1.807) is 0 Å². The van der Waals surface area contributed by atoms with Gasteiger partial charge in [0.25, 0.3) is 0 Å². The summed E-state index contributed by atoms with van der Waals surface area (Å²) in [7, 11) is 0. The second-order valence-electron chi connectivity index (χ2n) is 6.10. The average molecular weight is 305 g/mol. The molecule has 0 unspecified atom stereocenters. The number of aliphatic carboxylic acids is 1. The molecular weight excluding hydrogens is 278 g/mol. The molecule has 0 aliphatic heterocycles. The van der Waals surface area contributed by atoms with Crippen molar-refractivity contribution in [1.29, 1.82) is 0 Å². The number of hydrogen-bond donors (Lipinski definition) is 2. The summed E-state index contributed by atoms with van der Waals surface area (Å²) in [5.41, 5.74) is 1.24. The summed E-state index contributed by atoms with van der Waals surface area (Å²) < 4.78 is 5.89. The number of rotatable bonds is 9. The molecule has 2 rings (SSSR count). The van der Waals surface area contributed by atoms with Gasteiger partial charge < -0.3 is 15.2 Å². The molecule has 0 heterocycles. The Hall–Kier alpha value is -1.55. The zero-order valence-corrected chi connectivity index (χ0v) is 13.2. The molecule has 0 atom stereocenters. The third-order valence-corrected chi connectivity index (χ3v) is 4.24. The predicted molar refractivity (Wildman–Crippen MR) is 87.3 cm³/mol. The van der Waals surface area contributed by atoms with E-state index in [-0.39, 0.29) is 6.42 Å². The Morgan fingerprint density at radius 1 is 1.14 bits per heavy atom. The molecule has 0 amide bonds. The Labute approximate surface area is 132 Å². The summed E-state index contributed by atoms with van der Waals surface area (Å²) in [6, 6.07) is 8.26. The Bertz CT molecular complexity index is 438. The minimum absolute atomic E-state index is 0.175. The van der Waals surface area contributed by atoms with Gasteiger partial charge in [-0.25, -0.2) is 0 Å². The summed E-state index contributed by atoms with van der Waals surface area (Å²) >= 11 is 0. The number of carboxylic acid groups (broad SMARTS) is 1. The van der Waals surface area contributed by atoms with Crippen LogP contribution in [-0.2, 0) is 11.2 Å². The van der Waals surface area contributed by atoms with Crippen molar-refractivity contribution in [2.75, 3.05) is 19.7 Å². The highest BCUT2D eigenvalue weighted by molar-refractivity contribution is 5.66. The monoisotopic (exact) mass is 305 g/mol. The van der Waals surface area contributed by atoms with Gasteiger partial charge in [0.1, 0.15) is 5.75 Å². The fourth-order valence-corrected chi connectivity index (χ4v) is 2.87. The molecule has 0 aromatic heterocycles. The lowest BCUT2D eigenvalue weighted by atomic mass is 9.90. The summed E-state index contributed by atoms with van der Waals surface area (Å²) in [6.45, 7) is 2.17. The van der Waals surface area contributed by atoms with E-state index in [4.69, 9.17) is 9.84 Å². The molecule has 0 saturated heterocycles. The maximum Gasteiger partial charge on any atom is 0.304 e. The Balaban J connectivity index is 1.63. The number of carboxylic acids is 1. The SMILES string of the molecule is O=C(O)CCNCCc1ccc(OCC2CCCCC2)cc1. The predicted octanol–water partition coefficient (Wildman–Crippen LogP) is 3.25. The van der Waals surface area contributed by atoms with Crippen molar-refractivity contribution in [3.8, 4) is 5.75 Å². The highest BCUT2D eigenvalue weighted by Gasteiger charge is 2.13. The van der Waals surface area contributed by atoms with E-state index in [0.717, 1.165) is 31.2 Å². The van der Waals surface area contributed by atoms with Crippen LogP contribution in [0.1, 0.15) is 44.1 Å². The van der Waals surface area contributed by atoms with Crippen molar-refractivity contribution in [2.45, 2.75) is 44.9 Å². The van der Waals surface area contributed by atoms with Crippen LogP contribution in [0.25, 0.3) is 0 Å². The van der Waals surface area contributed by atoms with Gasteiger partial charge in [-0.3, -0.25) is 4.79 Å². The van der Waals surface area contributed by atoms with E-state index in [0.29, 0.717) is 6.54 Å². The van der Waals surface area contributed by atoms with Crippen molar-refractivity contribution in [1.82, 2.24) is 5.32 Å². The molecule has 1 saturated carbocycles. The first-order chi connectivity index (χ1) is 10.7. The van der Waals surface area contributed by atoms with Crippen LogP contribution in [0.15, 0.2) is 24.3 Å². The molecule has 1 aromatic carbocycles. The topological polar surface area (TPSA) is 58.6 Å². The first kappa shape index (κ1) is 16.8. The maximum atomic E-state index is 10.4. The number of nitrogens with one attached hydrogen (secondary N) is 1. The fourth-order valence-electron chi connectivity index (χ4n) is 2.87. The number of hydrogen-bond acceptors (Lipinski definition) is 3. The lowest BCUT2D eigenvalue weighted by Crippen LogP contribution is -2.20. The van der Waals surface area contributed by atoms with Crippen LogP contribution in [-0.4, -0.2) is 30.8 Å². The van der Waals surface area contributed by atoms with E-state index in [9.17, 15) is 4.79 Å². The molecular formula is C18H27NO3. The first-order valence-electron chi connectivity index (χ1n) is 8.38. The minimum atomic E-state index is -0.757. The third kappa shape index (κ3) is 6.48. The molecule has 22 heavy (non-hydrogen) atoms. The van der Waals surface area contributed by atoms with Crippen LogP contribution in [0, 0.1) is 5.92 Å². The van der Waals surface area contributed by atoms with E-state index in [2.05, 4.69) is 17.4 Å². The van der Waals surface area contributed by atoms with E-state index < -0.39 is 5.97 Å². The van der Waals surface area contributed by atoms with E-state index >= 15 is 0 Å². The summed E-state index contributed by atoms with van der Waals surface area (Å²) in [4.78, 5) is 10.4. The third-order valence-electron chi connectivity index (χ3n) is 4.24.